The second-order valence-corrected chi connectivity index (χ2v) is 4.75. The van der Waals surface area contributed by atoms with Gasteiger partial charge in [-0.25, -0.2) is 0 Å². The van der Waals surface area contributed by atoms with Crippen LogP contribution in [0, 0.1) is 6.92 Å². The number of likely N-dealkylation sites (N-methyl/N-ethyl adjacent to an activating group) is 1. The Labute approximate surface area is 120 Å². The molecule has 2 rings (SSSR count). The van der Waals surface area contributed by atoms with Crippen molar-refractivity contribution in [3.05, 3.63) is 35.4 Å². The maximum atomic E-state index is 12.1. The van der Waals surface area contributed by atoms with Crippen LogP contribution in [-0.2, 0) is 16.1 Å². The average molecular weight is 285 g/mol. The number of halogens is 1. The smallest absolute Gasteiger partial charge is 0.253 e. The van der Waals surface area contributed by atoms with Crippen molar-refractivity contribution in [2.45, 2.75) is 19.6 Å². The largest absolute Gasteiger partial charge is 0.366 e. The van der Waals surface area contributed by atoms with Gasteiger partial charge in [0.15, 0.2) is 0 Å². The van der Waals surface area contributed by atoms with Crippen LogP contribution < -0.4 is 5.32 Å². The molecule has 4 nitrogen and oxygen atoms in total. The van der Waals surface area contributed by atoms with Crippen LogP contribution in [0.1, 0.15) is 11.1 Å². The van der Waals surface area contributed by atoms with Crippen molar-refractivity contribution >= 4 is 18.3 Å². The Hall–Kier alpha value is -1.10. The highest BCUT2D eigenvalue weighted by molar-refractivity contribution is 5.85. The molecule has 0 radical (unpaired) electrons. The number of ether oxygens (including phenoxy) is 1. The van der Waals surface area contributed by atoms with Crippen LogP contribution in [0.2, 0.25) is 0 Å². The zero-order valence-corrected chi connectivity index (χ0v) is 12.2. The molecule has 1 saturated heterocycles. The summed E-state index contributed by atoms with van der Waals surface area (Å²) < 4.78 is 5.47. The van der Waals surface area contributed by atoms with E-state index in [1.165, 1.54) is 5.56 Å². The van der Waals surface area contributed by atoms with E-state index in [2.05, 4.69) is 24.4 Å². The molecule has 1 aromatic rings. The first-order valence-electron chi connectivity index (χ1n) is 6.29. The van der Waals surface area contributed by atoms with E-state index < -0.39 is 0 Å². The van der Waals surface area contributed by atoms with Gasteiger partial charge in [0.1, 0.15) is 6.10 Å². The monoisotopic (exact) mass is 284 g/mol. The molecular formula is C14H21ClN2O2. The third-order valence-corrected chi connectivity index (χ3v) is 3.08. The van der Waals surface area contributed by atoms with Gasteiger partial charge in [0.25, 0.3) is 5.91 Å². The fourth-order valence-electron chi connectivity index (χ4n) is 2.13. The van der Waals surface area contributed by atoms with E-state index in [0.29, 0.717) is 19.7 Å². The van der Waals surface area contributed by atoms with Gasteiger partial charge in [-0.3, -0.25) is 4.79 Å². The highest BCUT2D eigenvalue weighted by Crippen LogP contribution is 2.09. The molecule has 1 aliphatic heterocycles. The Morgan fingerprint density at radius 2 is 2.32 bits per heavy atom. The molecule has 5 heteroatoms. The predicted molar refractivity (Wildman–Crippen MR) is 77.5 cm³/mol. The predicted octanol–water partition coefficient (Wildman–Crippen LogP) is 1.36. The van der Waals surface area contributed by atoms with Crippen molar-refractivity contribution in [1.29, 1.82) is 0 Å². The zero-order chi connectivity index (χ0) is 13.0. The van der Waals surface area contributed by atoms with Gasteiger partial charge < -0.3 is 15.0 Å². The standard InChI is InChI=1S/C14H20N2O2.ClH/c1-11-4-3-5-12(8-11)10-16(2)14(17)13-9-15-6-7-18-13;/h3-5,8,13,15H,6-7,9-10H2,1-2H3;1H. The maximum absolute atomic E-state index is 12.1. The number of aryl methyl sites for hydroxylation is 1. The van der Waals surface area contributed by atoms with E-state index in [0.717, 1.165) is 12.1 Å². The van der Waals surface area contributed by atoms with Crippen LogP contribution in [0.5, 0.6) is 0 Å². The number of rotatable bonds is 3. The number of hydrogen-bond acceptors (Lipinski definition) is 3. The third-order valence-electron chi connectivity index (χ3n) is 3.08. The molecule has 19 heavy (non-hydrogen) atoms. The Balaban J connectivity index is 0.00000180. The summed E-state index contributed by atoms with van der Waals surface area (Å²) in [6.45, 7) is 4.72. The zero-order valence-electron chi connectivity index (χ0n) is 11.4. The molecule has 1 atom stereocenters. The van der Waals surface area contributed by atoms with Crippen LogP contribution in [0.25, 0.3) is 0 Å². The number of hydrogen-bond donors (Lipinski definition) is 1. The van der Waals surface area contributed by atoms with Gasteiger partial charge in [-0.1, -0.05) is 29.8 Å². The highest BCUT2D eigenvalue weighted by Gasteiger charge is 2.24. The topological polar surface area (TPSA) is 41.6 Å². The summed E-state index contributed by atoms with van der Waals surface area (Å²) in [4.78, 5) is 13.9. The van der Waals surface area contributed by atoms with E-state index >= 15 is 0 Å². The van der Waals surface area contributed by atoms with Crippen molar-refractivity contribution < 1.29 is 9.53 Å². The van der Waals surface area contributed by atoms with Crippen molar-refractivity contribution in [1.82, 2.24) is 10.2 Å². The highest BCUT2D eigenvalue weighted by atomic mass is 35.5. The first-order chi connectivity index (χ1) is 8.66. The minimum Gasteiger partial charge on any atom is -0.366 e. The molecule has 1 amide bonds. The van der Waals surface area contributed by atoms with Crippen LogP contribution >= 0.6 is 12.4 Å². The van der Waals surface area contributed by atoms with Crippen molar-refractivity contribution in [2.24, 2.45) is 0 Å². The molecule has 0 bridgehead atoms. The van der Waals surface area contributed by atoms with Crippen LogP contribution in [-0.4, -0.2) is 43.7 Å². The molecule has 0 aromatic heterocycles. The lowest BCUT2D eigenvalue weighted by Crippen LogP contribution is -2.48. The Morgan fingerprint density at radius 1 is 1.53 bits per heavy atom. The number of nitrogens with zero attached hydrogens (tertiary/aromatic N) is 1. The SMILES string of the molecule is Cc1cccc(CN(C)C(=O)C2CNCCO2)c1.Cl. The van der Waals surface area contributed by atoms with Crippen LogP contribution in [0.15, 0.2) is 24.3 Å². The van der Waals surface area contributed by atoms with E-state index in [9.17, 15) is 4.79 Å². The van der Waals surface area contributed by atoms with Gasteiger partial charge in [-0.15, -0.1) is 12.4 Å². The van der Waals surface area contributed by atoms with Crippen molar-refractivity contribution in [2.75, 3.05) is 26.7 Å². The number of amides is 1. The maximum Gasteiger partial charge on any atom is 0.253 e. The summed E-state index contributed by atoms with van der Waals surface area (Å²) >= 11 is 0. The molecule has 1 aromatic carbocycles. The molecule has 106 valence electrons. The minimum atomic E-state index is -0.339. The third kappa shape index (κ3) is 4.49. The lowest BCUT2D eigenvalue weighted by atomic mass is 10.1. The van der Waals surface area contributed by atoms with E-state index in [1.807, 2.05) is 19.2 Å². The number of nitrogens with one attached hydrogen (secondary N) is 1. The van der Waals surface area contributed by atoms with Crippen molar-refractivity contribution in [3.8, 4) is 0 Å². The van der Waals surface area contributed by atoms with Gasteiger partial charge in [-0.05, 0) is 12.5 Å². The lowest BCUT2D eigenvalue weighted by Gasteiger charge is -2.27. The molecule has 0 spiro atoms. The average Bonchev–Trinajstić information content (AvgIpc) is 2.39. The normalized spacial score (nSPS) is 18.5. The fraction of sp³-hybridized carbons (Fsp3) is 0.500. The van der Waals surface area contributed by atoms with Gasteiger partial charge in [-0.2, -0.15) is 0 Å². The number of benzene rings is 1. The van der Waals surface area contributed by atoms with Gasteiger partial charge >= 0.3 is 0 Å². The molecule has 1 N–H and O–H groups in total. The Morgan fingerprint density at radius 3 is 2.95 bits per heavy atom. The fourth-order valence-corrected chi connectivity index (χ4v) is 2.13. The molecule has 1 unspecified atom stereocenters. The molecular weight excluding hydrogens is 264 g/mol. The number of morpholine rings is 1. The number of carbonyl (C=O) groups is 1. The van der Waals surface area contributed by atoms with Crippen molar-refractivity contribution in [3.63, 3.8) is 0 Å². The minimum absolute atomic E-state index is 0. The van der Waals surface area contributed by atoms with Gasteiger partial charge in [0.05, 0.1) is 6.61 Å². The molecule has 0 aliphatic carbocycles. The molecule has 1 aliphatic rings. The van der Waals surface area contributed by atoms with Crippen LogP contribution in [0.4, 0.5) is 0 Å². The van der Waals surface area contributed by atoms with E-state index in [1.54, 1.807) is 4.90 Å². The van der Waals surface area contributed by atoms with Crippen LogP contribution in [0.3, 0.4) is 0 Å². The molecule has 1 fully saturated rings. The summed E-state index contributed by atoms with van der Waals surface area (Å²) in [6.07, 6.45) is -0.339. The summed E-state index contributed by atoms with van der Waals surface area (Å²) in [5, 5.41) is 3.17. The lowest BCUT2D eigenvalue weighted by molar-refractivity contribution is -0.144. The second kappa shape index (κ2) is 7.48. The Kier molecular flexibility index (Phi) is 6.28. The van der Waals surface area contributed by atoms with Gasteiger partial charge in [0, 0.05) is 26.7 Å². The summed E-state index contributed by atoms with van der Waals surface area (Å²) in [7, 11) is 1.82. The summed E-state index contributed by atoms with van der Waals surface area (Å²) in [5.41, 5.74) is 2.36. The first kappa shape index (κ1) is 16.0. The van der Waals surface area contributed by atoms with E-state index in [4.69, 9.17) is 4.74 Å². The summed E-state index contributed by atoms with van der Waals surface area (Å²) in [6, 6.07) is 8.21. The number of carbonyl (C=O) groups excluding carboxylic acids is 1. The Bertz CT molecular complexity index is 420. The second-order valence-electron chi connectivity index (χ2n) is 4.75. The summed E-state index contributed by atoms with van der Waals surface area (Å²) in [5.74, 6) is 0.0451. The molecule has 0 saturated carbocycles. The van der Waals surface area contributed by atoms with Gasteiger partial charge in [0.2, 0.25) is 0 Å². The quantitative estimate of drug-likeness (QED) is 0.911. The van der Waals surface area contributed by atoms with E-state index in [-0.39, 0.29) is 24.4 Å². The molecule has 1 heterocycles. The first-order valence-corrected chi connectivity index (χ1v) is 6.29.